The van der Waals surface area contributed by atoms with Crippen molar-refractivity contribution in [3.8, 4) is 0 Å². The predicted octanol–water partition coefficient (Wildman–Crippen LogP) is 0.823. The summed E-state index contributed by atoms with van der Waals surface area (Å²) in [6.07, 6.45) is 4.50. The summed E-state index contributed by atoms with van der Waals surface area (Å²) in [4.78, 5) is 6.72. The third kappa shape index (κ3) is 3.26. The van der Waals surface area contributed by atoms with Crippen molar-refractivity contribution in [3.63, 3.8) is 0 Å². The van der Waals surface area contributed by atoms with Gasteiger partial charge in [-0.05, 0) is 32.8 Å². The Morgan fingerprint density at radius 2 is 2.00 bits per heavy atom. The van der Waals surface area contributed by atoms with Crippen LogP contribution in [0.5, 0.6) is 0 Å². The minimum atomic E-state index is -3.62. The van der Waals surface area contributed by atoms with Crippen LogP contribution in [0.3, 0.4) is 0 Å². The van der Waals surface area contributed by atoms with Crippen molar-refractivity contribution >= 4 is 15.8 Å². The smallest absolute Gasteiger partial charge is 0.253 e. The Bertz CT molecular complexity index is 553. The van der Waals surface area contributed by atoms with Crippen molar-refractivity contribution in [3.05, 3.63) is 18.3 Å². The molecule has 1 aromatic rings. The molecule has 1 saturated heterocycles. The molecule has 4 N–H and O–H groups in total. The first kappa shape index (κ1) is 15.2. The highest BCUT2D eigenvalue weighted by atomic mass is 32.2. The van der Waals surface area contributed by atoms with Crippen molar-refractivity contribution in [2.24, 2.45) is 5.84 Å². The highest BCUT2D eigenvalue weighted by Crippen LogP contribution is 2.22. The lowest BCUT2D eigenvalue weighted by molar-refractivity contribution is 0.0790. The number of anilines is 1. The Balaban J connectivity index is 2.21. The van der Waals surface area contributed by atoms with Crippen LogP contribution < -0.4 is 16.1 Å². The quantitative estimate of drug-likeness (QED) is 0.562. The zero-order chi connectivity index (χ0) is 14.8. The average Bonchev–Trinajstić information content (AvgIpc) is 2.43. The Labute approximate surface area is 119 Å². The van der Waals surface area contributed by atoms with E-state index < -0.39 is 10.0 Å². The van der Waals surface area contributed by atoms with E-state index in [1.165, 1.54) is 18.3 Å². The molecule has 1 aliphatic rings. The lowest BCUT2D eigenvalue weighted by atomic mass is 10.0. The Kier molecular flexibility index (Phi) is 4.59. The van der Waals surface area contributed by atoms with E-state index in [-0.39, 0.29) is 17.0 Å². The number of nitrogens with one attached hydrogen (secondary N) is 2. The maximum Gasteiger partial charge on any atom is 0.253 e. The molecule has 2 atom stereocenters. The first-order valence-corrected chi connectivity index (χ1v) is 8.16. The number of aromatic nitrogens is 1. The largest absolute Gasteiger partial charge is 0.308 e. The van der Waals surface area contributed by atoms with Crippen molar-refractivity contribution in [1.82, 2.24) is 14.8 Å². The molecule has 112 valence electrons. The zero-order valence-corrected chi connectivity index (χ0v) is 12.5. The fourth-order valence-corrected chi connectivity index (χ4v) is 3.70. The number of nitrogens with zero attached hydrogens (tertiary/aromatic N) is 2. The van der Waals surface area contributed by atoms with Gasteiger partial charge in [0, 0.05) is 24.3 Å². The highest BCUT2D eigenvalue weighted by molar-refractivity contribution is 7.89. The molecular weight excluding hydrogens is 278 g/mol. The van der Waals surface area contributed by atoms with E-state index in [4.69, 9.17) is 5.84 Å². The normalized spacial score (nSPS) is 24.6. The average molecular weight is 299 g/mol. The van der Waals surface area contributed by atoms with E-state index in [1.54, 1.807) is 0 Å². The van der Waals surface area contributed by atoms with Crippen molar-refractivity contribution < 1.29 is 8.42 Å². The summed E-state index contributed by atoms with van der Waals surface area (Å²) in [6, 6.07) is 3.22. The van der Waals surface area contributed by atoms with Gasteiger partial charge in [0.2, 0.25) is 0 Å². The number of sulfonamides is 1. The van der Waals surface area contributed by atoms with Crippen LogP contribution in [0.25, 0.3) is 0 Å². The summed E-state index contributed by atoms with van der Waals surface area (Å²) in [7, 11) is -3.62. The van der Waals surface area contributed by atoms with E-state index in [9.17, 15) is 8.42 Å². The number of piperidine rings is 1. The molecule has 0 saturated carbocycles. The van der Waals surface area contributed by atoms with Gasteiger partial charge in [0.1, 0.15) is 5.82 Å². The van der Waals surface area contributed by atoms with Crippen LogP contribution in [0, 0.1) is 0 Å². The predicted molar refractivity (Wildman–Crippen MR) is 77.0 cm³/mol. The molecule has 7 nitrogen and oxygen atoms in total. The van der Waals surface area contributed by atoms with Gasteiger partial charge in [0.15, 0.2) is 0 Å². The van der Waals surface area contributed by atoms with E-state index in [0.29, 0.717) is 5.82 Å². The second kappa shape index (κ2) is 6.04. The fraction of sp³-hybridized carbons (Fsp3) is 0.583. The fourth-order valence-electron chi connectivity index (χ4n) is 2.45. The summed E-state index contributed by atoms with van der Waals surface area (Å²) < 4.78 is 24.8. The van der Waals surface area contributed by atoms with E-state index in [1.807, 2.05) is 18.9 Å². The van der Waals surface area contributed by atoms with E-state index >= 15 is 0 Å². The molecule has 2 heterocycles. The lowest BCUT2D eigenvalue weighted by Gasteiger charge is -2.38. The Hall–Kier alpha value is -1.22. The van der Waals surface area contributed by atoms with Gasteiger partial charge >= 0.3 is 0 Å². The first-order valence-electron chi connectivity index (χ1n) is 6.67. The second-order valence-corrected chi connectivity index (χ2v) is 6.81. The van der Waals surface area contributed by atoms with Crippen LogP contribution >= 0.6 is 0 Å². The molecular formula is C12H21N5O2S. The van der Waals surface area contributed by atoms with Gasteiger partial charge in [-0.15, -0.1) is 4.83 Å². The minimum Gasteiger partial charge on any atom is -0.308 e. The van der Waals surface area contributed by atoms with E-state index in [2.05, 4.69) is 15.2 Å². The van der Waals surface area contributed by atoms with Crippen molar-refractivity contribution in [2.45, 2.75) is 50.1 Å². The number of hydrogen-bond donors (Lipinski definition) is 3. The van der Waals surface area contributed by atoms with Gasteiger partial charge < -0.3 is 5.43 Å². The minimum absolute atomic E-state index is 0.144. The van der Waals surface area contributed by atoms with Crippen LogP contribution in [0.2, 0.25) is 0 Å². The highest BCUT2D eigenvalue weighted by Gasteiger charge is 2.29. The molecule has 20 heavy (non-hydrogen) atoms. The Morgan fingerprint density at radius 3 is 2.60 bits per heavy atom. The molecule has 0 spiro atoms. The topological polar surface area (TPSA) is 100 Å². The van der Waals surface area contributed by atoms with Crippen molar-refractivity contribution in [1.29, 1.82) is 0 Å². The monoisotopic (exact) mass is 299 g/mol. The van der Waals surface area contributed by atoms with Crippen LogP contribution in [-0.2, 0) is 10.0 Å². The maximum atomic E-state index is 12.4. The molecule has 2 rings (SSSR count). The molecule has 2 unspecified atom stereocenters. The summed E-state index contributed by atoms with van der Waals surface area (Å²) in [6.45, 7) is 4.05. The van der Waals surface area contributed by atoms with Gasteiger partial charge in [0.05, 0.1) is 4.90 Å². The molecule has 1 aromatic heterocycles. The lowest BCUT2D eigenvalue weighted by Crippen LogP contribution is -2.53. The molecule has 0 aromatic carbocycles. The molecule has 0 amide bonds. The summed E-state index contributed by atoms with van der Waals surface area (Å²) in [5.74, 6) is 5.56. The standard InChI is InChI=1S/C12H21N5O2S/c1-9-4-3-5-10(2)17(9)16-20(18,19)11-6-7-14-12(8-11)15-13/h6-10,16H,3-5,13H2,1-2H3,(H,14,15). The van der Waals surface area contributed by atoms with Gasteiger partial charge in [0.25, 0.3) is 10.0 Å². The van der Waals surface area contributed by atoms with Crippen LogP contribution in [0.15, 0.2) is 23.2 Å². The number of rotatable bonds is 4. The second-order valence-electron chi connectivity index (χ2n) is 5.15. The van der Waals surface area contributed by atoms with Crippen LogP contribution in [0.1, 0.15) is 33.1 Å². The number of nitrogen functional groups attached to an aromatic ring is 1. The molecule has 0 radical (unpaired) electrons. The SMILES string of the molecule is CC1CCCC(C)N1NS(=O)(=O)c1ccnc(NN)c1. The molecule has 0 bridgehead atoms. The van der Waals surface area contributed by atoms with Crippen LogP contribution in [-0.4, -0.2) is 30.5 Å². The molecule has 1 aliphatic heterocycles. The number of hydrazine groups is 2. The Morgan fingerprint density at radius 1 is 1.35 bits per heavy atom. The summed E-state index contributed by atoms with van der Waals surface area (Å²) in [5, 5.41) is 1.81. The maximum absolute atomic E-state index is 12.4. The molecule has 1 fully saturated rings. The van der Waals surface area contributed by atoms with Gasteiger partial charge in [-0.25, -0.2) is 24.3 Å². The van der Waals surface area contributed by atoms with Crippen molar-refractivity contribution in [2.75, 3.05) is 5.43 Å². The third-order valence-electron chi connectivity index (χ3n) is 3.61. The van der Waals surface area contributed by atoms with E-state index in [0.717, 1.165) is 19.3 Å². The summed E-state index contributed by atoms with van der Waals surface area (Å²) >= 11 is 0. The summed E-state index contributed by atoms with van der Waals surface area (Å²) in [5.41, 5.74) is 2.34. The van der Waals surface area contributed by atoms with Gasteiger partial charge in [-0.2, -0.15) is 0 Å². The third-order valence-corrected chi connectivity index (χ3v) is 4.93. The number of nitrogens with two attached hydrogens (primary N) is 1. The van der Waals surface area contributed by atoms with Gasteiger partial charge in [-0.1, -0.05) is 6.42 Å². The number of pyridine rings is 1. The molecule has 0 aliphatic carbocycles. The van der Waals surface area contributed by atoms with Gasteiger partial charge in [-0.3, -0.25) is 0 Å². The zero-order valence-electron chi connectivity index (χ0n) is 11.7. The number of hydrogen-bond acceptors (Lipinski definition) is 6. The van der Waals surface area contributed by atoms with Crippen LogP contribution in [0.4, 0.5) is 5.82 Å². The first-order chi connectivity index (χ1) is 9.44. The molecule has 8 heteroatoms.